The molecule has 2 aromatic carbocycles. The largest absolute Gasteiger partial charge is 0.465 e. The zero-order valence-corrected chi connectivity index (χ0v) is 16.4. The minimum atomic E-state index is -0.426. The summed E-state index contributed by atoms with van der Waals surface area (Å²) in [5.41, 5.74) is 6.23. The Bertz CT molecular complexity index is 1080. The van der Waals surface area contributed by atoms with Gasteiger partial charge in [-0.3, -0.25) is 4.79 Å². The number of rotatable bonds is 3. The summed E-state index contributed by atoms with van der Waals surface area (Å²) in [7, 11) is 1.34. The number of hydrogen-bond acceptors (Lipinski definition) is 3. The Morgan fingerprint density at radius 3 is 2.71 bits per heavy atom. The Kier molecular flexibility index (Phi) is 4.67. The third kappa shape index (κ3) is 3.28. The van der Waals surface area contributed by atoms with Crippen molar-refractivity contribution in [2.45, 2.75) is 33.1 Å². The first-order chi connectivity index (χ1) is 13.5. The second-order valence-electron chi connectivity index (χ2n) is 7.67. The Hall–Kier alpha value is -3.08. The number of aromatic nitrogens is 1. The van der Waals surface area contributed by atoms with Gasteiger partial charge in [0.15, 0.2) is 0 Å². The molecule has 1 amide bonds. The summed E-state index contributed by atoms with van der Waals surface area (Å²) in [6.45, 7) is 4.17. The molecule has 4 rings (SSSR count). The average Bonchev–Trinajstić information content (AvgIpc) is 3.06. The van der Waals surface area contributed by atoms with Crippen molar-refractivity contribution in [1.29, 1.82) is 0 Å². The number of hydrogen-bond donors (Lipinski definition) is 2. The fourth-order valence-corrected chi connectivity index (χ4v) is 3.93. The van der Waals surface area contributed by atoms with Crippen LogP contribution in [0.1, 0.15) is 50.9 Å². The van der Waals surface area contributed by atoms with Gasteiger partial charge in [0, 0.05) is 27.8 Å². The van der Waals surface area contributed by atoms with Gasteiger partial charge in [-0.1, -0.05) is 13.0 Å². The van der Waals surface area contributed by atoms with Gasteiger partial charge in [-0.25, -0.2) is 4.79 Å². The highest BCUT2D eigenvalue weighted by Gasteiger charge is 2.21. The number of aryl methyl sites for hydroxylation is 2. The van der Waals surface area contributed by atoms with Crippen LogP contribution in [0.2, 0.25) is 0 Å². The van der Waals surface area contributed by atoms with Gasteiger partial charge in [0.1, 0.15) is 0 Å². The molecule has 0 bridgehead atoms. The lowest BCUT2D eigenvalue weighted by Crippen LogP contribution is -2.14. The number of methoxy groups -OCH3 is 1. The first kappa shape index (κ1) is 18.3. The molecule has 2 N–H and O–H groups in total. The van der Waals surface area contributed by atoms with Crippen molar-refractivity contribution in [2.24, 2.45) is 5.92 Å². The first-order valence-electron chi connectivity index (χ1n) is 9.60. The number of carbonyl (C=O) groups is 2. The number of nitrogens with one attached hydrogen (secondary N) is 2. The lowest BCUT2D eigenvalue weighted by molar-refractivity contribution is 0.0600. The van der Waals surface area contributed by atoms with Gasteiger partial charge in [0.05, 0.1) is 12.7 Å². The van der Waals surface area contributed by atoms with E-state index >= 15 is 0 Å². The number of esters is 1. The molecule has 144 valence electrons. The SMILES string of the molecule is COC(=O)c1ccc(C)c(NC(=O)c2ccc3[nH]c4c(c3c2)CC(C)CC4)c1. The van der Waals surface area contributed by atoms with Crippen LogP contribution in [0, 0.1) is 12.8 Å². The minimum absolute atomic E-state index is 0.189. The third-order valence-corrected chi connectivity index (χ3v) is 5.60. The molecule has 28 heavy (non-hydrogen) atoms. The molecule has 1 aliphatic carbocycles. The van der Waals surface area contributed by atoms with E-state index in [-0.39, 0.29) is 5.91 Å². The van der Waals surface area contributed by atoms with Gasteiger partial charge in [-0.15, -0.1) is 0 Å². The summed E-state index contributed by atoms with van der Waals surface area (Å²) < 4.78 is 4.77. The number of carbonyl (C=O) groups excluding carboxylic acids is 2. The molecule has 0 radical (unpaired) electrons. The topological polar surface area (TPSA) is 71.2 Å². The van der Waals surface area contributed by atoms with Gasteiger partial charge in [-0.05, 0) is 73.6 Å². The summed E-state index contributed by atoms with van der Waals surface area (Å²) >= 11 is 0. The Balaban J connectivity index is 1.64. The molecule has 0 saturated heterocycles. The van der Waals surface area contributed by atoms with Crippen LogP contribution < -0.4 is 5.32 Å². The Morgan fingerprint density at radius 2 is 1.93 bits per heavy atom. The molecule has 1 aromatic heterocycles. The van der Waals surface area contributed by atoms with Crippen molar-refractivity contribution in [3.8, 4) is 0 Å². The number of fused-ring (bicyclic) bond motifs is 3. The summed E-state index contributed by atoms with van der Waals surface area (Å²) in [6.07, 6.45) is 3.30. The number of benzene rings is 2. The molecule has 5 nitrogen and oxygen atoms in total. The second kappa shape index (κ2) is 7.15. The molecule has 1 atom stereocenters. The molecule has 0 saturated carbocycles. The monoisotopic (exact) mass is 376 g/mol. The zero-order chi connectivity index (χ0) is 19.8. The Labute approximate surface area is 164 Å². The predicted molar refractivity (Wildman–Crippen MR) is 110 cm³/mol. The summed E-state index contributed by atoms with van der Waals surface area (Å²) in [5.74, 6) is 0.0449. The highest BCUT2D eigenvalue weighted by Crippen LogP contribution is 2.32. The lowest BCUT2D eigenvalue weighted by atomic mass is 9.87. The molecule has 1 unspecified atom stereocenters. The highest BCUT2D eigenvalue weighted by atomic mass is 16.5. The number of aromatic amines is 1. The van der Waals surface area contributed by atoms with Crippen molar-refractivity contribution in [2.75, 3.05) is 12.4 Å². The van der Waals surface area contributed by atoms with Crippen LogP contribution in [0.3, 0.4) is 0 Å². The van der Waals surface area contributed by atoms with Crippen molar-refractivity contribution >= 4 is 28.5 Å². The van der Waals surface area contributed by atoms with Crippen molar-refractivity contribution in [3.05, 3.63) is 64.3 Å². The van der Waals surface area contributed by atoms with Gasteiger partial charge >= 0.3 is 5.97 Å². The van der Waals surface area contributed by atoms with Crippen molar-refractivity contribution in [3.63, 3.8) is 0 Å². The molecule has 1 aliphatic rings. The molecule has 5 heteroatoms. The summed E-state index contributed by atoms with van der Waals surface area (Å²) in [6, 6.07) is 10.9. The number of ether oxygens (including phenoxy) is 1. The van der Waals surface area contributed by atoms with Crippen molar-refractivity contribution < 1.29 is 14.3 Å². The molecule has 0 spiro atoms. The van der Waals surface area contributed by atoms with Crippen LogP contribution in [0.5, 0.6) is 0 Å². The van der Waals surface area contributed by atoms with Gasteiger partial charge in [0.25, 0.3) is 5.91 Å². The highest BCUT2D eigenvalue weighted by molar-refractivity contribution is 6.07. The van der Waals surface area contributed by atoms with Gasteiger partial charge < -0.3 is 15.0 Å². The zero-order valence-electron chi connectivity index (χ0n) is 16.4. The predicted octanol–water partition coefficient (Wildman–Crippen LogP) is 4.64. The Morgan fingerprint density at radius 1 is 1.14 bits per heavy atom. The van der Waals surface area contributed by atoms with E-state index < -0.39 is 5.97 Å². The van der Waals surface area contributed by atoms with Crippen LogP contribution in [0.25, 0.3) is 10.9 Å². The quantitative estimate of drug-likeness (QED) is 0.654. The van der Waals surface area contributed by atoms with Crippen LogP contribution in [0.4, 0.5) is 5.69 Å². The van der Waals surface area contributed by atoms with Gasteiger partial charge in [-0.2, -0.15) is 0 Å². The maximum atomic E-state index is 12.9. The average molecular weight is 376 g/mol. The number of H-pyrrole nitrogens is 1. The van der Waals surface area contributed by atoms with E-state index in [1.54, 1.807) is 18.2 Å². The normalized spacial score (nSPS) is 15.9. The maximum absolute atomic E-state index is 12.9. The molecule has 0 aliphatic heterocycles. The number of amides is 1. The standard InChI is InChI=1S/C23H24N2O3/c1-13-4-8-19-17(10-13)18-11-15(7-9-20(18)24-19)22(26)25-21-12-16(23(27)28-3)6-5-14(21)2/h5-7,9,11-13,24H,4,8,10H2,1-3H3,(H,25,26). The summed E-state index contributed by atoms with van der Waals surface area (Å²) in [5, 5.41) is 4.07. The third-order valence-electron chi connectivity index (χ3n) is 5.60. The van der Waals surface area contributed by atoms with Crippen LogP contribution in [0.15, 0.2) is 36.4 Å². The molecular formula is C23H24N2O3. The van der Waals surface area contributed by atoms with Crippen LogP contribution >= 0.6 is 0 Å². The van der Waals surface area contributed by atoms with Crippen molar-refractivity contribution in [1.82, 2.24) is 4.98 Å². The maximum Gasteiger partial charge on any atom is 0.337 e. The molecule has 3 aromatic rings. The molecular weight excluding hydrogens is 352 g/mol. The second-order valence-corrected chi connectivity index (χ2v) is 7.67. The fourth-order valence-electron chi connectivity index (χ4n) is 3.93. The smallest absolute Gasteiger partial charge is 0.337 e. The van der Waals surface area contributed by atoms with Crippen LogP contribution in [-0.4, -0.2) is 24.0 Å². The van der Waals surface area contributed by atoms with Crippen LogP contribution in [-0.2, 0) is 17.6 Å². The van der Waals surface area contributed by atoms with Gasteiger partial charge in [0.2, 0.25) is 0 Å². The van der Waals surface area contributed by atoms with E-state index in [0.717, 1.165) is 29.3 Å². The van der Waals surface area contributed by atoms with E-state index in [2.05, 4.69) is 17.2 Å². The minimum Gasteiger partial charge on any atom is -0.465 e. The van der Waals surface area contributed by atoms with E-state index in [1.807, 2.05) is 25.1 Å². The van der Waals surface area contributed by atoms with E-state index in [4.69, 9.17) is 4.74 Å². The fraction of sp³-hybridized carbons (Fsp3) is 0.304. The summed E-state index contributed by atoms with van der Waals surface area (Å²) in [4.78, 5) is 28.2. The van der Waals surface area contributed by atoms with E-state index in [1.165, 1.54) is 24.8 Å². The van der Waals surface area contributed by atoms with E-state index in [9.17, 15) is 9.59 Å². The number of anilines is 1. The molecule has 0 fully saturated rings. The lowest BCUT2D eigenvalue weighted by Gasteiger charge is -2.18. The first-order valence-corrected chi connectivity index (χ1v) is 9.60. The van der Waals surface area contributed by atoms with E-state index in [0.29, 0.717) is 22.7 Å². The molecule has 1 heterocycles.